The minimum absolute atomic E-state index is 0.0419. The van der Waals surface area contributed by atoms with Crippen LogP contribution in [0, 0.1) is 5.92 Å². The van der Waals surface area contributed by atoms with Crippen molar-refractivity contribution in [2.75, 3.05) is 0 Å². The molecule has 1 aromatic heterocycles. The Hall–Kier alpha value is -5.72. The number of carbonyl (C=O) groups excluding carboxylic acids is 6. The molecule has 13 nitrogen and oxygen atoms in total. The molecule has 1 fully saturated rings. The van der Waals surface area contributed by atoms with Crippen LogP contribution in [0.4, 0.5) is 0 Å². The molecule has 0 unspecified atom stereocenters. The standard InChI is InChI=1S/C38H46N6O7/c1-3-34(46)40-22-26-12-10-25(11-13-26)19-32(36(39)48)43-35(47)20-28-7-4-5-8-29(28)23-41-38(50)33(21-31-9-6-18-51-31)44-37(49)27-14-16-30(17-15-27)42-24(2)45/h3-13,18,27,30,32-33H,1,14-17,19-23H2,2H3,(H2,39,48)(H,40,46)(H,41,50)(H,42,45)(H,43,47)(H,44,49)/t27-,30+,32-,33-/m0/s1. The smallest absolute Gasteiger partial charge is 0.243 e. The maximum atomic E-state index is 13.5. The van der Waals surface area contributed by atoms with Crippen LogP contribution in [-0.2, 0) is 61.1 Å². The molecule has 270 valence electrons. The molecule has 0 spiro atoms. The summed E-state index contributed by atoms with van der Waals surface area (Å²) in [7, 11) is 0. The summed E-state index contributed by atoms with van der Waals surface area (Å²) >= 11 is 0. The number of primary amides is 1. The van der Waals surface area contributed by atoms with Gasteiger partial charge in [-0.3, -0.25) is 28.8 Å². The molecule has 4 rings (SSSR count). The van der Waals surface area contributed by atoms with Crippen molar-refractivity contribution in [3.8, 4) is 0 Å². The number of hydrogen-bond acceptors (Lipinski definition) is 7. The van der Waals surface area contributed by atoms with Gasteiger partial charge < -0.3 is 36.7 Å². The predicted molar refractivity (Wildman–Crippen MR) is 189 cm³/mol. The lowest BCUT2D eigenvalue weighted by Gasteiger charge is -2.29. The van der Waals surface area contributed by atoms with Gasteiger partial charge in [0.1, 0.15) is 17.8 Å². The molecule has 51 heavy (non-hydrogen) atoms. The second-order valence-electron chi connectivity index (χ2n) is 12.7. The monoisotopic (exact) mass is 698 g/mol. The lowest BCUT2D eigenvalue weighted by atomic mass is 9.85. The van der Waals surface area contributed by atoms with Crippen molar-refractivity contribution in [3.63, 3.8) is 0 Å². The largest absolute Gasteiger partial charge is 0.469 e. The first-order valence-corrected chi connectivity index (χ1v) is 17.0. The van der Waals surface area contributed by atoms with Crippen LogP contribution in [0.25, 0.3) is 0 Å². The van der Waals surface area contributed by atoms with Crippen LogP contribution in [0.15, 0.2) is 84.0 Å². The van der Waals surface area contributed by atoms with E-state index in [9.17, 15) is 28.8 Å². The van der Waals surface area contributed by atoms with Crippen LogP contribution in [-0.4, -0.2) is 53.6 Å². The van der Waals surface area contributed by atoms with Crippen molar-refractivity contribution in [3.05, 3.63) is 108 Å². The van der Waals surface area contributed by atoms with Gasteiger partial charge in [0, 0.05) is 44.8 Å². The molecule has 1 heterocycles. The van der Waals surface area contributed by atoms with Gasteiger partial charge >= 0.3 is 0 Å². The molecule has 1 saturated carbocycles. The van der Waals surface area contributed by atoms with E-state index < -0.39 is 29.8 Å². The molecule has 2 atom stereocenters. The molecule has 0 saturated heterocycles. The molecule has 0 radical (unpaired) electrons. The summed E-state index contributed by atoms with van der Waals surface area (Å²) in [4.78, 5) is 75.0. The molecular formula is C38H46N6O7. The third-order valence-electron chi connectivity index (χ3n) is 8.84. The Morgan fingerprint density at radius 1 is 0.824 bits per heavy atom. The third kappa shape index (κ3) is 12.3. The first-order valence-electron chi connectivity index (χ1n) is 17.0. The Kier molecular flexibility index (Phi) is 14.1. The maximum absolute atomic E-state index is 13.5. The summed E-state index contributed by atoms with van der Waals surface area (Å²) in [5.41, 5.74) is 8.60. The van der Waals surface area contributed by atoms with Crippen LogP contribution >= 0.6 is 0 Å². The predicted octanol–water partition coefficient (Wildman–Crippen LogP) is 1.88. The van der Waals surface area contributed by atoms with Crippen LogP contribution in [0.3, 0.4) is 0 Å². The fraction of sp³-hybridized carbons (Fsp3) is 0.368. The zero-order valence-electron chi connectivity index (χ0n) is 28.7. The average molecular weight is 699 g/mol. The molecule has 13 heteroatoms. The zero-order chi connectivity index (χ0) is 36.8. The molecule has 3 aromatic rings. The van der Waals surface area contributed by atoms with Gasteiger partial charge in [0.15, 0.2) is 0 Å². The van der Waals surface area contributed by atoms with Gasteiger partial charge in [0.2, 0.25) is 35.4 Å². The van der Waals surface area contributed by atoms with E-state index in [0.29, 0.717) is 49.1 Å². The van der Waals surface area contributed by atoms with Gasteiger partial charge in [0.05, 0.1) is 12.7 Å². The zero-order valence-corrected chi connectivity index (χ0v) is 28.7. The fourth-order valence-corrected chi connectivity index (χ4v) is 6.06. The van der Waals surface area contributed by atoms with Gasteiger partial charge in [-0.05, 0) is 66.1 Å². The van der Waals surface area contributed by atoms with E-state index in [2.05, 4.69) is 33.2 Å². The summed E-state index contributed by atoms with van der Waals surface area (Å²) in [5, 5.41) is 14.1. The SMILES string of the molecule is C=CC(=O)NCc1ccc(C[C@H](NC(=O)Cc2ccccc2CNC(=O)[C@H](Cc2ccco2)NC(=O)[C@H]2CC[C@@H](NC(C)=O)CC2)C(N)=O)cc1. The second kappa shape index (κ2) is 18.9. The van der Waals surface area contributed by atoms with Crippen molar-refractivity contribution in [1.29, 1.82) is 0 Å². The van der Waals surface area contributed by atoms with E-state index in [4.69, 9.17) is 10.2 Å². The number of nitrogens with two attached hydrogens (primary N) is 1. The number of benzene rings is 2. The van der Waals surface area contributed by atoms with E-state index in [1.807, 2.05) is 12.1 Å². The number of rotatable bonds is 17. The Bertz CT molecular complexity index is 1680. The molecule has 0 aliphatic heterocycles. The Morgan fingerprint density at radius 3 is 2.14 bits per heavy atom. The summed E-state index contributed by atoms with van der Waals surface area (Å²) in [5.74, 6) is -1.85. The molecule has 0 bridgehead atoms. The van der Waals surface area contributed by atoms with Crippen molar-refractivity contribution >= 4 is 35.4 Å². The van der Waals surface area contributed by atoms with E-state index in [0.717, 1.165) is 11.1 Å². The quantitative estimate of drug-likeness (QED) is 0.116. The lowest BCUT2D eigenvalue weighted by molar-refractivity contribution is -0.132. The highest BCUT2D eigenvalue weighted by Crippen LogP contribution is 2.25. The fourth-order valence-electron chi connectivity index (χ4n) is 6.06. The van der Waals surface area contributed by atoms with Gasteiger partial charge in [-0.15, -0.1) is 0 Å². The average Bonchev–Trinajstić information content (AvgIpc) is 3.63. The van der Waals surface area contributed by atoms with Crippen LogP contribution in [0.1, 0.15) is 60.6 Å². The summed E-state index contributed by atoms with van der Waals surface area (Å²) in [6, 6.07) is 16.0. The van der Waals surface area contributed by atoms with Crippen LogP contribution < -0.4 is 32.3 Å². The number of furan rings is 1. The Labute approximate surface area is 297 Å². The minimum Gasteiger partial charge on any atom is -0.469 e. The minimum atomic E-state index is -0.956. The van der Waals surface area contributed by atoms with Gasteiger partial charge in [0.25, 0.3) is 0 Å². The summed E-state index contributed by atoms with van der Waals surface area (Å²) < 4.78 is 5.46. The van der Waals surface area contributed by atoms with Crippen LogP contribution in [0.5, 0.6) is 0 Å². The first kappa shape index (κ1) is 38.1. The molecular weight excluding hydrogens is 652 g/mol. The normalized spacial score (nSPS) is 16.5. The maximum Gasteiger partial charge on any atom is 0.243 e. The number of hydrogen-bond donors (Lipinski definition) is 6. The molecule has 1 aliphatic carbocycles. The van der Waals surface area contributed by atoms with E-state index in [1.54, 1.807) is 48.5 Å². The van der Waals surface area contributed by atoms with Crippen molar-refractivity contribution in [1.82, 2.24) is 26.6 Å². The summed E-state index contributed by atoms with van der Waals surface area (Å²) in [6.45, 7) is 5.31. The lowest BCUT2D eigenvalue weighted by Crippen LogP contribution is -2.50. The highest BCUT2D eigenvalue weighted by molar-refractivity contribution is 5.89. The Morgan fingerprint density at radius 2 is 1.51 bits per heavy atom. The van der Waals surface area contributed by atoms with E-state index in [1.165, 1.54) is 19.3 Å². The number of amides is 6. The van der Waals surface area contributed by atoms with Gasteiger partial charge in [-0.2, -0.15) is 0 Å². The number of carbonyl (C=O) groups is 6. The number of nitrogens with one attached hydrogen (secondary N) is 5. The molecule has 6 amide bonds. The summed E-state index contributed by atoms with van der Waals surface area (Å²) in [6.07, 6.45) is 5.52. The molecule has 1 aliphatic rings. The second-order valence-corrected chi connectivity index (χ2v) is 12.7. The van der Waals surface area contributed by atoms with Gasteiger partial charge in [-0.1, -0.05) is 55.1 Å². The molecule has 2 aromatic carbocycles. The van der Waals surface area contributed by atoms with Gasteiger partial charge in [-0.25, -0.2) is 0 Å². The molecule has 7 N–H and O–H groups in total. The van der Waals surface area contributed by atoms with Crippen molar-refractivity contribution in [2.24, 2.45) is 11.7 Å². The van der Waals surface area contributed by atoms with Crippen LogP contribution in [0.2, 0.25) is 0 Å². The van der Waals surface area contributed by atoms with E-state index in [-0.39, 0.29) is 55.5 Å². The highest BCUT2D eigenvalue weighted by atomic mass is 16.3. The third-order valence-corrected chi connectivity index (χ3v) is 8.84. The van der Waals surface area contributed by atoms with Crippen molar-refractivity contribution < 1.29 is 33.2 Å². The first-order chi connectivity index (χ1) is 24.5. The topological polar surface area (TPSA) is 202 Å². The van der Waals surface area contributed by atoms with E-state index >= 15 is 0 Å². The van der Waals surface area contributed by atoms with Crippen molar-refractivity contribution in [2.45, 2.75) is 83.1 Å². The Balaban J connectivity index is 1.34. The highest BCUT2D eigenvalue weighted by Gasteiger charge is 2.30.